The molecule has 0 aromatic heterocycles. The first-order valence-corrected chi connectivity index (χ1v) is 10.9. The molecular formula is C29H25N3. The smallest absolute Gasteiger partial charge is 0.0831 e. The molecule has 0 saturated heterocycles. The Hall–Kier alpha value is -3.98. The third-order valence-electron chi connectivity index (χ3n) is 5.76. The van der Waals surface area contributed by atoms with Gasteiger partial charge in [0.2, 0.25) is 0 Å². The van der Waals surface area contributed by atoms with Crippen LogP contribution in [-0.2, 0) is 0 Å². The lowest BCUT2D eigenvalue weighted by molar-refractivity contribution is 0.709. The zero-order chi connectivity index (χ0) is 21.8. The summed E-state index contributed by atoms with van der Waals surface area (Å²) in [6.07, 6.45) is 2.79. The highest BCUT2D eigenvalue weighted by Crippen LogP contribution is 2.36. The summed E-state index contributed by atoms with van der Waals surface area (Å²) in [5.74, 6) is 0. The van der Waals surface area contributed by atoms with Gasteiger partial charge in [0, 0.05) is 12.6 Å². The molecule has 3 nitrogen and oxygen atoms in total. The van der Waals surface area contributed by atoms with Crippen molar-refractivity contribution in [2.75, 3.05) is 5.01 Å². The Kier molecular flexibility index (Phi) is 5.63. The van der Waals surface area contributed by atoms with Crippen LogP contribution in [0.25, 0.3) is 0 Å². The highest BCUT2D eigenvalue weighted by atomic mass is 15.5. The van der Waals surface area contributed by atoms with Gasteiger partial charge >= 0.3 is 0 Å². The van der Waals surface area contributed by atoms with E-state index in [1.807, 2.05) is 24.4 Å². The minimum absolute atomic E-state index is 0.179. The highest BCUT2D eigenvalue weighted by Gasteiger charge is 2.29. The van der Waals surface area contributed by atoms with Gasteiger partial charge in [-0.15, -0.1) is 0 Å². The molecule has 5 rings (SSSR count). The van der Waals surface area contributed by atoms with Crippen molar-refractivity contribution in [3.63, 3.8) is 0 Å². The van der Waals surface area contributed by atoms with Crippen LogP contribution in [0.1, 0.15) is 34.7 Å². The lowest BCUT2D eigenvalue weighted by Gasteiger charge is -2.24. The molecule has 0 spiro atoms. The molecule has 0 aliphatic carbocycles. The van der Waals surface area contributed by atoms with Crippen LogP contribution in [0.15, 0.2) is 119 Å². The number of hydrogen-bond acceptors (Lipinski definition) is 3. The zero-order valence-electron chi connectivity index (χ0n) is 18.1. The van der Waals surface area contributed by atoms with Gasteiger partial charge < -0.3 is 0 Å². The van der Waals surface area contributed by atoms with E-state index >= 15 is 0 Å². The minimum atomic E-state index is 0.179. The Labute approximate surface area is 189 Å². The SMILES string of the molecule is Cc1ccc(N=Cc2ccc(N3N=C(c4ccccc4)CC3c3ccccc3)cc2)cc1. The molecule has 0 N–H and O–H groups in total. The van der Waals surface area contributed by atoms with Crippen LogP contribution < -0.4 is 5.01 Å². The van der Waals surface area contributed by atoms with Crippen LogP contribution in [0.5, 0.6) is 0 Å². The van der Waals surface area contributed by atoms with E-state index in [-0.39, 0.29) is 6.04 Å². The fourth-order valence-corrected chi connectivity index (χ4v) is 3.98. The molecule has 0 bridgehead atoms. The minimum Gasteiger partial charge on any atom is -0.257 e. The second-order valence-corrected chi connectivity index (χ2v) is 8.07. The topological polar surface area (TPSA) is 28.0 Å². The summed E-state index contributed by atoms with van der Waals surface area (Å²) in [5, 5.41) is 7.19. The Bertz CT molecular complexity index is 1230. The monoisotopic (exact) mass is 415 g/mol. The first kappa shape index (κ1) is 20.0. The van der Waals surface area contributed by atoms with Gasteiger partial charge in [-0.2, -0.15) is 5.10 Å². The van der Waals surface area contributed by atoms with Gasteiger partial charge in [-0.05, 0) is 47.9 Å². The summed E-state index contributed by atoms with van der Waals surface area (Å²) in [4.78, 5) is 4.59. The first-order valence-electron chi connectivity index (χ1n) is 10.9. The summed E-state index contributed by atoms with van der Waals surface area (Å²) < 4.78 is 0. The number of rotatable bonds is 5. The maximum atomic E-state index is 5.03. The maximum Gasteiger partial charge on any atom is 0.0831 e. The van der Waals surface area contributed by atoms with E-state index < -0.39 is 0 Å². The van der Waals surface area contributed by atoms with Gasteiger partial charge in [0.05, 0.1) is 23.1 Å². The van der Waals surface area contributed by atoms with Crippen LogP contribution >= 0.6 is 0 Å². The number of nitrogens with zero attached hydrogens (tertiary/aromatic N) is 3. The molecule has 0 radical (unpaired) electrons. The van der Waals surface area contributed by atoms with Gasteiger partial charge in [-0.25, -0.2) is 0 Å². The molecule has 3 heteroatoms. The predicted octanol–water partition coefficient (Wildman–Crippen LogP) is 7.10. The van der Waals surface area contributed by atoms with Crippen molar-refractivity contribution in [2.24, 2.45) is 10.1 Å². The lowest BCUT2D eigenvalue weighted by atomic mass is 9.98. The van der Waals surface area contributed by atoms with Gasteiger partial charge in [0.15, 0.2) is 0 Å². The molecule has 1 aliphatic heterocycles. The van der Waals surface area contributed by atoms with Crippen molar-refractivity contribution in [1.29, 1.82) is 0 Å². The summed E-state index contributed by atoms with van der Waals surface area (Å²) in [5.41, 5.74) is 7.91. The summed E-state index contributed by atoms with van der Waals surface area (Å²) in [6.45, 7) is 2.08. The Morgan fingerprint density at radius 1 is 0.781 bits per heavy atom. The van der Waals surface area contributed by atoms with Gasteiger partial charge in [-0.1, -0.05) is 90.5 Å². The van der Waals surface area contributed by atoms with Gasteiger partial charge in [0.25, 0.3) is 0 Å². The largest absolute Gasteiger partial charge is 0.257 e. The van der Waals surface area contributed by atoms with E-state index in [2.05, 4.69) is 108 Å². The maximum absolute atomic E-state index is 5.03. The molecule has 0 fully saturated rings. The molecular weight excluding hydrogens is 390 g/mol. The fourth-order valence-electron chi connectivity index (χ4n) is 3.98. The quantitative estimate of drug-likeness (QED) is 0.319. The van der Waals surface area contributed by atoms with E-state index in [1.54, 1.807) is 0 Å². The van der Waals surface area contributed by atoms with Crippen molar-refractivity contribution in [2.45, 2.75) is 19.4 Å². The van der Waals surface area contributed by atoms with Crippen LogP contribution in [0.2, 0.25) is 0 Å². The standard InChI is InChI=1S/C29H25N3/c1-22-12-16-26(17-13-22)30-21-23-14-18-27(19-15-23)32-29(25-10-6-3-7-11-25)20-28(31-32)24-8-4-2-5-9-24/h2-19,21,29H,20H2,1H3. The van der Waals surface area contributed by atoms with Gasteiger partial charge in [-0.3, -0.25) is 10.0 Å². The third kappa shape index (κ3) is 4.37. The molecule has 1 aliphatic rings. The highest BCUT2D eigenvalue weighted by molar-refractivity contribution is 6.03. The van der Waals surface area contributed by atoms with Crippen molar-refractivity contribution in [1.82, 2.24) is 0 Å². The number of aliphatic imine (C=N–C) groups is 1. The Morgan fingerprint density at radius 2 is 1.44 bits per heavy atom. The second kappa shape index (κ2) is 9.03. The molecule has 0 amide bonds. The summed E-state index contributed by atoms with van der Waals surface area (Å²) in [6, 6.07) is 37.9. The number of hydrazone groups is 1. The summed E-state index contributed by atoms with van der Waals surface area (Å²) in [7, 11) is 0. The van der Waals surface area contributed by atoms with Crippen molar-refractivity contribution < 1.29 is 0 Å². The van der Waals surface area contributed by atoms with E-state index in [9.17, 15) is 0 Å². The van der Waals surface area contributed by atoms with E-state index in [1.165, 1.54) is 16.7 Å². The van der Waals surface area contributed by atoms with Crippen LogP contribution in [0, 0.1) is 6.92 Å². The molecule has 1 atom stereocenters. The number of anilines is 1. The number of aryl methyl sites for hydroxylation is 1. The number of benzene rings is 4. The average Bonchev–Trinajstić information content (AvgIpc) is 3.31. The molecule has 1 unspecified atom stereocenters. The van der Waals surface area contributed by atoms with Crippen LogP contribution in [-0.4, -0.2) is 11.9 Å². The second-order valence-electron chi connectivity index (χ2n) is 8.07. The molecule has 0 saturated carbocycles. The Balaban J connectivity index is 1.42. The van der Waals surface area contributed by atoms with Crippen molar-refractivity contribution in [3.8, 4) is 0 Å². The zero-order valence-corrected chi connectivity index (χ0v) is 18.1. The van der Waals surface area contributed by atoms with Crippen molar-refractivity contribution >= 4 is 23.3 Å². The average molecular weight is 416 g/mol. The Morgan fingerprint density at radius 3 is 2.12 bits per heavy atom. The van der Waals surface area contributed by atoms with E-state index in [4.69, 9.17) is 5.10 Å². The molecule has 156 valence electrons. The predicted molar refractivity (Wildman–Crippen MR) is 134 cm³/mol. The van der Waals surface area contributed by atoms with Crippen LogP contribution in [0.4, 0.5) is 11.4 Å². The number of hydrogen-bond donors (Lipinski definition) is 0. The lowest BCUT2D eigenvalue weighted by Crippen LogP contribution is -2.18. The molecule has 4 aromatic carbocycles. The van der Waals surface area contributed by atoms with Gasteiger partial charge in [0.1, 0.15) is 0 Å². The fraction of sp³-hybridized carbons (Fsp3) is 0.103. The van der Waals surface area contributed by atoms with Crippen LogP contribution in [0.3, 0.4) is 0 Å². The van der Waals surface area contributed by atoms with Crippen molar-refractivity contribution in [3.05, 3.63) is 131 Å². The van der Waals surface area contributed by atoms with E-state index in [0.29, 0.717) is 0 Å². The van der Waals surface area contributed by atoms with E-state index in [0.717, 1.165) is 29.1 Å². The normalized spacial score (nSPS) is 15.8. The molecule has 4 aromatic rings. The molecule has 1 heterocycles. The third-order valence-corrected chi connectivity index (χ3v) is 5.76. The molecule has 32 heavy (non-hydrogen) atoms. The first-order chi connectivity index (χ1) is 15.8. The summed E-state index contributed by atoms with van der Waals surface area (Å²) >= 11 is 0.